The molecule has 3 rings (SSSR count). The molecule has 2 heterocycles. The van der Waals surface area contributed by atoms with Crippen molar-refractivity contribution in [2.24, 2.45) is 0 Å². The number of likely N-dealkylation sites (tertiary alicyclic amines) is 1. The number of anilines is 1. The van der Waals surface area contributed by atoms with Gasteiger partial charge in [0.25, 0.3) is 0 Å². The van der Waals surface area contributed by atoms with Gasteiger partial charge in [-0.15, -0.1) is 0 Å². The maximum absolute atomic E-state index is 12.8. The quantitative estimate of drug-likeness (QED) is 0.918. The molecule has 1 aliphatic rings. The fourth-order valence-corrected chi connectivity index (χ4v) is 2.72. The van der Waals surface area contributed by atoms with Crippen molar-refractivity contribution in [3.63, 3.8) is 0 Å². The monoisotopic (exact) mass is 327 g/mol. The molecule has 1 aromatic heterocycles. The van der Waals surface area contributed by atoms with E-state index in [0.29, 0.717) is 24.3 Å². The number of aromatic nitrogens is 1. The molecule has 6 heteroatoms. The average Bonchev–Trinajstić information content (AvgIpc) is 2.95. The van der Waals surface area contributed by atoms with Gasteiger partial charge < -0.3 is 10.2 Å². The third-order valence-corrected chi connectivity index (χ3v) is 3.89. The normalized spacial score (nSPS) is 14.0. The molecule has 5 nitrogen and oxygen atoms in total. The maximum Gasteiger partial charge on any atom is 0.230 e. The number of benzene rings is 1. The van der Waals surface area contributed by atoms with Crippen LogP contribution in [0.2, 0.25) is 0 Å². The third-order valence-electron chi connectivity index (χ3n) is 3.89. The van der Waals surface area contributed by atoms with Crippen LogP contribution in [0, 0.1) is 5.82 Å². The van der Waals surface area contributed by atoms with Crippen LogP contribution in [-0.2, 0) is 22.6 Å². The Morgan fingerprint density at radius 2 is 2.17 bits per heavy atom. The Morgan fingerprint density at radius 3 is 2.88 bits per heavy atom. The Kier molecular flexibility index (Phi) is 4.84. The van der Waals surface area contributed by atoms with Crippen molar-refractivity contribution in [3.8, 4) is 0 Å². The second kappa shape index (κ2) is 7.21. The van der Waals surface area contributed by atoms with Gasteiger partial charge in [0.15, 0.2) is 0 Å². The van der Waals surface area contributed by atoms with Crippen LogP contribution in [0.25, 0.3) is 0 Å². The average molecular weight is 327 g/mol. The van der Waals surface area contributed by atoms with Crippen LogP contribution >= 0.6 is 0 Å². The van der Waals surface area contributed by atoms with Crippen LogP contribution < -0.4 is 5.32 Å². The van der Waals surface area contributed by atoms with E-state index in [0.717, 1.165) is 24.7 Å². The Hall–Kier alpha value is -2.76. The number of halogens is 1. The molecule has 2 amide bonds. The molecular formula is C18H18FN3O2. The number of rotatable bonds is 5. The van der Waals surface area contributed by atoms with Gasteiger partial charge in [-0.25, -0.2) is 4.39 Å². The summed E-state index contributed by atoms with van der Waals surface area (Å²) in [5.41, 5.74) is 2.15. The molecule has 0 unspecified atom stereocenters. The molecule has 0 bridgehead atoms. The summed E-state index contributed by atoms with van der Waals surface area (Å²) in [6, 6.07) is 10.2. The molecule has 0 aliphatic carbocycles. The highest BCUT2D eigenvalue weighted by Gasteiger charge is 2.20. The van der Waals surface area contributed by atoms with Gasteiger partial charge in [-0.2, -0.15) is 0 Å². The highest BCUT2D eigenvalue weighted by molar-refractivity contribution is 5.92. The predicted molar refractivity (Wildman–Crippen MR) is 87.6 cm³/mol. The minimum Gasteiger partial charge on any atom is -0.338 e. The van der Waals surface area contributed by atoms with Gasteiger partial charge >= 0.3 is 0 Å². The summed E-state index contributed by atoms with van der Waals surface area (Å²) in [7, 11) is 0. The van der Waals surface area contributed by atoms with Gasteiger partial charge in [-0.05, 0) is 36.2 Å². The molecule has 0 saturated carbocycles. The first kappa shape index (κ1) is 16.1. The van der Waals surface area contributed by atoms with Crippen LogP contribution in [0.5, 0.6) is 0 Å². The van der Waals surface area contributed by atoms with Gasteiger partial charge in [-0.3, -0.25) is 14.6 Å². The first-order chi connectivity index (χ1) is 11.6. The van der Waals surface area contributed by atoms with E-state index in [1.165, 1.54) is 12.1 Å². The molecule has 1 saturated heterocycles. The van der Waals surface area contributed by atoms with Crippen molar-refractivity contribution in [1.29, 1.82) is 0 Å². The van der Waals surface area contributed by atoms with Crippen LogP contribution in [-0.4, -0.2) is 28.2 Å². The first-order valence-electron chi connectivity index (χ1n) is 7.87. The molecular weight excluding hydrogens is 309 g/mol. The minimum absolute atomic E-state index is 0.0785. The highest BCUT2D eigenvalue weighted by Crippen LogP contribution is 2.17. The number of nitrogens with one attached hydrogen (secondary N) is 1. The Morgan fingerprint density at radius 1 is 1.29 bits per heavy atom. The topological polar surface area (TPSA) is 62.3 Å². The smallest absolute Gasteiger partial charge is 0.230 e. The molecule has 1 aliphatic heterocycles. The van der Waals surface area contributed by atoms with Gasteiger partial charge in [0, 0.05) is 30.9 Å². The molecule has 1 fully saturated rings. The zero-order chi connectivity index (χ0) is 16.9. The Bertz CT molecular complexity index is 746. The van der Waals surface area contributed by atoms with E-state index in [1.807, 2.05) is 23.1 Å². The molecule has 0 spiro atoms. The van der Waals surface area contributed by atoms with Crippen LogP contribution in [0.3, 0.4) is 0 Å². The second-order valence-electron chi connectivity index (χ2n) is 5.81. The predicted octanol–water partition coefficient (Wildman–Crippen LogP) is 2.52. The van der Waals surface area contributed by atoms with Crippen LogP contribution in [0.1, 0.15) is 24.1 Å². The number of carbonyl (C=O) groups excluding carboxylic acids is 2. The molecule has 24 heavy (non-hydrogen) atoms. The van der Waals surface area contributed by atoms with Crippen molar-refractivity contribution >= 4 is 17.5 Å². The number of pyridine rings is 1. The Labute approximate surface area is 139 Å². The van der Waals surface area contributed by atoms with E-state index in [1.54, 1.807) is 6.07 Å². The molecule has 2 aromatic rings. The van der Waals surface area contributed by atoms with Gasteiger partial charge in [0.05, 0.1) is 12.6 Å². The van der Waals surface area contributed by atoms with E-state index >= 15 is 0 Å². The standard InChI is InChI=1S/C18H18FN3O2/c19-14-6-7-15(20-11-14)10-17(23)21-16-4-1-3-13(9-16)12-22-8-2-5-18(22)24/h1,3-4,6-7,9,11H,2,5,8,10,12H2,(H,21,23). The zero-order valence-electron chi connectivity index (χ0n) is 13.2. The van der Waals surface area contributed by atoms with Crippen molar-refractivity contribution in [1.82, 2.24) is 9.88 Å². The van der Waals surface area contributed by atoms with Gasteiger partial charge in [0.1, 0.15) is 5.82 Å². The van der Waals surface area contributed by atoms with Crippen molar-refractivity contribution in [2.45, 2.75) is 25.8 Å². The molecule has 0 atom stereocenters. The van der Waals surface area contributed by atoms with Crippen LogP contribution in [0.15, 0.2) is 42.6 Å². The van der Waals surface area contributed by atoms with Crippen LogP contribution in [0.4, 0.5) is 10.1 Å². The van der Waals surface area contributed by atoms with Crippen molar-refractivity contribution in [2.75, 3.05) is 11.9 Å². The summed E-state index contributed by atoms with van der Waals surface area (Å²) in [4.78, 5) is 29.5. The van der Waals surface area contributed by atoms with E-state index in [-0.39, 0.29) is 18.2 Å². The lowest BCUT2D eigenvalue weighted by atomic mass is 10.2. The lowest BCUT2D eigenvalue weighted by Gasteiger charge is -2.16. The molecule has 1 N–H and O–H groups in total. The zero-order valence-corrected chi connectivity index (χ0v) is 13.2. The minimum atomic E-state index is -0.427. The highest BCUT2D eigenvalue weighted by atomic mass is 19.1. The third kappa shape index (κ3) is 4.16. The lowest BCUT2D eigenvalue weighted by Crippen LogP contribution is -2.24. The lowest BCUT2D eigenvalue weighted by molar-refractivity contribution is -0.128. The van der Waals surface area contributed by atoms with Crippen molar-refractivity contribution in [3.05, 3.63) is 59.7 Å². The summed E-state index contributed by atoms with van der Waals surface area (Å²) < 4.78 is 12.8. The number of nitrogens with zero attached hydrogens (tertiary/aromatic N) is 2. The molecule has 0 radical (unpaired) electrons. The van der Waals surface area contributed by atoms with Gasteiger partial charge in [0.2, 0.25) is 11.8 Å². The van der Waals surface area contributed by atoms with E-state index in [9.17, 15) is 14.0 Å². The van der Waals surface area contributed by atoms with Gasteiger partial charge in [-0.1, -0.05) is 12.1 Å². The van der Waals surface area contributed by atoms with E-state index < -0.39 is 5.82 Å². The summed E-state index contributed by atoms with van der Waals surface area (Å²) in [5.74, 6) is -0.473. The summed E-state index contributed by atoms with van der Waals surface area (Å²) in [6.45, 7) is 1.34. The fourth-order valence-electron chi connectivity index (χ4n) is 2.72. The summed E-state index contributed by atoms with van der Waals surface area (Å²) >= 11 is 0. The number of hydrogen-bond donors (Lipinski definition) is 1. The second-order valence-corrected chi connectivity index (χ2v) is 5.81. The fraction of sp³-hybridized carbons (Fsp3) is 0.278. The summed E-state index contributed by atoms with van der Waals surface area (Å²) in [6.07, 6.45) is 2.69. The number of hydrogen-bond acceptors (Lipinski definition) is 3. The van der Waals surface area contributed by atoms with E-state index in [2.05, 4.69) is 10.3 Å². The maximum atomic E-state index is 12.8. The Balaban J connectivity index is 1.60. The molecule has 1 aromatic carbocycles. The van der Waals surface area contributed by atoms with Crippen molar-refractivity contribution < 1.29 is 14.0 Å². The first-order valence-corrected chi connectivity index (χ1v) is 7.87. The molecule has 124 valence electrons. The number of amides is 2. The largest absolute Gasteiger partial charge is 0.338 e. The van der Waals surface area contributed by atoms with E-state index in [4.69, 9.17) is 0 Å². The number of carbonyl (C=O) groups is 2. The SMILES string of the molecule is O=C(Cc1ccc(F)cn1)Nc1cccc(CN2CCCC2=O)c1. The summed E-state index contributed by atoms with van der Waals surface area (Å²) in [5, 5.41) is 2.81.